The number of nitrogens with zero attached hydrogens (tertiary/aromatic N) is 1. The Balaban J connectivity index is 2.56. The molecule has 0 spiro atoms. The van der Waals surface area contributed by atoms with Crippen molar-refractivity contribution in [2.45, 2.75) is 13.5 Å². The average Bonchev–Trinajstić information content (AvgIpc) is 2.35. The zero-order valence-electron chi connectivity index (χ0n) is 10.0. The summed E-state index contributed by atoms with van der Waals surface area (Å²) in [6, 6.07) is 4.97. The molecule has 1 atom stereocenters. The number of hydrogen-bond acceptors (Lipinski definition) is 4. The molecule has 0 aliphatic carbocycles. The van der Waals surface area contributed by atoms with Crippen molar-refractivity contribution in [3.05, 3.63) is 38.3 Å². The molecule has 0 aromatic heterocycles. The van der Waals surface area contributed by atoms with Gasteiger partial charge in [-0.1, -0.05) is 22.9 Å². The van der Waals surface area contributed by atoms with Crippen LogP contribution in [0.15, 0.2) is 22.7 Å². The molecule has 1 N–H and O–H groups in total. The van der Waals surface area contributed by atoms with Gasteiger partial charge >= 0.3 is 0 Å². The summed E-state index contributed by atoms with van der Waals surface area (Å²) in [7, 11) is -0.807. The van der Waals surface area contributed by atoms with Gasteiger partial charge in [0.2, 0.25) is 0 Å². The van der Waals surface area contributed by atoms with E-state index < -0.39 is 15.7 Å². The Hall–Kier alpha value is -0.790. The highest BCUT2D eigenvalue weighted by atomic mass is 79.9. The van der Waals surface area contributed by atoms with Crippen LogP contribution in [0.3, 0.4) is 0 Å². The van der Waals surface area contributed by atoms with E-state index in [1.54, 1.807) is 12.1 Å². The second-order valence-corrected chi connectivity index (χ2v) is 6.42. The van der Waals surface area contributed by atoms with Gasteiger partial charge in [0.25, 0.3) is 5.69 Å². The summed E-state index contributed by atoms with van der Waals surface area (Å²) in [5.41, 5.74) is 0.721. The molecule has 100 valence electrons. The Morgan fingerprint density at radius 2 is 2.22 bits per heavy atom. The highest BCUT2D eigenvalue weighted by Crippen LogP contribution is 2.23. The molecule has 1 aromatic rings. The molecular formula is C11H15BrN2O3S. The Morgan fingerprint density at radius 3 is 2.83 bits per heavy atom. The van der Waals surface area contributed by atoms with E-state index in [1.807, 2.05) is 6.92 Å². The summed E-state index contributed by atoms with van der Waals surface area (Å²) >= 11 is 3.21. The minimum atomic E-state index is -0.807. The number of rotatable bonds is 7. The zero-order valence-corrected chi connectivity index (χ0v) is 12.4. The third kappa shape index (κ3) is 4.83. The summed E-state index contributed by atoms with van der Waals surface area (Å²) in [6.45, 7) is 2.87. The van der Waals surface area contributed by atoms with Crippen molar-refractivity contribution in [2.75, 3.05) is 18.1 Å². The molecule has 7 heteroatoms. The van der Waals surface area contributed by atoms with E-state index >= 15 is 0 Å². The maximum absolute atomic E-state index is 11.2. The third-order valence-electron chi connectivity index (χ3n) is 2.39. The number of nitrogens with one attached hydrogen (secondary N) is 1. The van der Waals surface area contributed by atoms with Crippen LogP contribution in [0.2, 0.25) is 0 Å². The fourth-order valence-corrected chi connectivity index (χ4v) is 2.42. The van der Waals surface area contributed by atoms with Crippen molar-refractivity contribution in [2.24, 2.45) is 0 Å². The Morgan fingerprint density at radius 1 is 1.50 bits per heavy atom. The van der Waals surface area contributed by atoms with Crippen LogP contribution >= 0.6 is 15.9 Å². The molecule has 0 amide bonds. The fourth-order valence-electron chi connectivity index (χ4n) is 1.41. The second-order valence-electron chi connectivity index (χ2n) is 3.64. The lowest BCUT2D eigenvalue weighted by molar-refractivity contribution is -0.385. The predicted octanol–water partition coefficient (Wildman–Crippen LogP) is 2.22. The number of nitro benzene ring substituents is 1. The van der Waals surface area contributed by atoms with Crippen LogP contribution in [0.25, 0.3) is 0 Å². The molecule has 5 nitrogen and oxygen atoms in total. The molecule has 0 bridgehead atoms. The predicted molar refractivity (Wildman–Crippen MR) is 76.1 cm³/mol. The molecule has 0 fully saturated rings. The van der Waals surface area contributed by atoms with Crippen LogP contribution in [-0.4, -0.2) is 27.2 Å². The minimum Gasteiger partial charge on any atom is -0.311 e. The molecule has 1 unspecified atom stereocenters. The van der Waals surface area contributed by atoms with Crippen molar-refractivity contribution in [1.82, 2.24) is 5.32 Å². The van der Waals surface area contributed by atoms with Crippen LogP contribution < -0.4 is 5.32 Å². The van der Waals surface area contributed by atoms with Gasteiger partial charge in [-0.3, -0.25) is 14.3 Å². The number of halogens is 1. The number of nitro groups is 1. The third-order valence-corrected chi connectivity index (χ3v) is 4.18. The van der Waals surface area contributed by atoms with Gasteiger partial charge in [0.1, 0.15) is 0 Å². The highest BCUT2D eigenvalue weighted by Gasteiger charge is 2.13. The Bertz CT molecular complexity index is 454. The SMILES string of the molecule is CCS(=O)CCNCc1ccc(Br)cc1[N+](=O)[O-]. The molecule has 0 aliphatic rings. The number of hydrogen-bond donors (Lipinski definition) is 1. The smallest absolute Gasteiger partial charge is 0.275 e. The van der Waals surface area contributed by atoms with E-state index in [4.69, 9.17) is 0 Å². The zero-order chi connectivity index (χ0) is 13.5. The van der Waals surface area contributed by atoms with Crippen molar-refractivity contribution in [1.29, 1.82) is 0 Å². The van der Waals surface area contributed by atoms with Gasteiger partial charge < -0.3 is 5.32 Å². The first kappa shape index (κ1) is 15.3. The fraction of sp³-hybridized carbons (Fsp3) is 0.455. The molecule has 0 aliphatic heterocycles. The summed E-state index contributed by atoms with van der Waals surface area (Å²) < 4.78 is 11.9. The quantitative estimate of drug-likeness (QED) is 0.471. The van der Waals surface area contributed by atoms with Crippen molar-refractivity contribution < 1.29 is 9.13 Å². The second kappa shape index (κ2) is 7.60. The maximum atomic E-state index is 11.2. The van der Waals surface area contributed by atoms with E-state index in [-0.39, 0.29) is 5.69 Å². The van der Waals surface area contributed by atoms with Crippen LogP contribution in [0.5, 0.6) is 0 Å². The first-order chi connectivity index (χ1) is 8.54. The molecule has 0 saturated carbocycles. The Labute approximate surface area is 117 Å². The van der Waals surface area contributed by atoms with E-state index in [2.05, 4.69) is 21.2 Å². The minimum absolute atomic E-state index is 0.0912. The van der Waals surface area contributed by atoms with Gasteiger partial charge in [-0.25, -0.2) is 0 Å². The highest BCUT2D eigenvalue weighted by molar-refractivity contribution is 9.10. The van der Waals surface area contributed by atoms with Crippen molar-refractivity contribution in [3.63, 3.8) is 0 Å². The summed E-state index contributed by atoms with van der Waals surface area (Å²) in [4.78, 5) is 10.5. The average molecular weight is 335 g/mol. The number of benzene rings is 1. The molecule has 0 heterocycles. The van der Waals surface area contributed by atoms with Gasteiger partial charge in [-0.15, -0.1) is 0 Å². The molecule has 1 rings (SSSR count). The summed E-state index contributed by atoms with van der Waals surface area (Å²) in [5, 5.41) is 13.9. The van der Waals surface area contributed by atoms with Crippen LogP contribution in [0.1, 0.15) is 12.5 Å². The summed E-state index contributed by atoms with van der Waals surface area (Å²) in [6.07, 6.45) is 0. The lowest BCUT2D eigenvalue weighted by atomic mass is 10.2. The van der Waals surface area contributed by atoms with Gasteiger partial charge in [0.05, 0.1) is 4.92 Å². The maximum Gasteiger partial charge on any atom is 0.275 e. The monoisotopic (exact) mass is 334 g/mol. The lowest BCUT2D eigenvalue weighted by Gasteiger charge is -2.05. The normalized spacial score (nSPS) is 12.3. The molecule has 1 aromatic carbocycles. The van der Waals surface area contributed by atoms with Gasteiger partial charge in [-0.2, -0.15) is 0 Å². The van der Waals surface area contributed by atoms with E-state index in [0.29, 0.717) is 34.6 Å². The van der Waals surface area contributed by atoms with Crippen molar-refractivity contribution in [3.8, 4) is 0 Å². The van der Waals surface area contributed by atoms with Crippen molar-refractivity contribution >= 4 is 32.4 Å². The lowest BCUT2D eigenvalue weighted by Crippen LogP contribution is -2.21. The topological polar surface area (TPSA) is 72.2 Å². The van der Waals surface area contributed by atoms with E-state index in [0.717, 1.165) is 0 Å². The largest absolute Gasteiger partial charge is 0.311 e. The van der Waals surface area contributed by atoms with E-state index in [1.165, 1.54) is 6.07 Å². The summed E-state index contributed by atoms with van der Waals surface area (Å²) in [5.74, 6) is 1.21. The van der Waals surface area contributed by atoms with Gasteiger partial charge in [0, 0.05) is 51.5 Å². The van der Waals surface area contributed by atoms with Crippen LogP contribution in [0.4, 0.5) is 5.69 Å². The van der Waals surface area contributed by atoms with Gasteiger partial charge in [0.15, 0.2) is 0 Å². The molecule has 0 saturated heterocycles. The standard InChI is InChI=1S/C11H15BrN2O3S/c1-2-18(17)6-5-13-8-9-3-4-10(12)7-11(9)14(15)16/h3-4,7,13H,2,5-6,8H2,1H3. The van der Waals surface area contributed by atoms with Crippen LogP contribution in [-0.2, 0) is 17.3 Å². The molecule has 18 heavy (non-hydrogen) atoms. The molecule has 0 radical (unpaired) electrons. The molecular weight excluding hydrogens is 320 g/mol. The van der Waals surface area contributed by atoms with E-state index in [9.17, 15) is 14.3 Å². The van der Waals surface area contributed by atoms with Gasteiger partial charge in [-0.05, 0) is 12.1 Å². The van der Waals surface area contributed by atoms with Crippen LogP contribution in [0, 0.1) is 10.1 Å². The first-order valence-corrected chi connectivity index (χ1v) is 7.81. The first-order valence-electron chi connectivity index (χ1n) is 5.53. The Kier molecular flexibility index (Phi) is 6.45.